The third-order valence-electron chi connectivity index (χ3n) is 1.26. The first kappa shape index (κ1) is 8.67. The highest BCUT2D eigenvalue weighted by Gasteiger charge is 1.97. The summed E-state index contributed by atoms with van der Waals surface area (Å²) in [6, 6.07) is 4.95. The molecule has 0 aliphatic carbocycles. The second-order valence-corrected chi connectivity index (χ2v) is 2.53. The summed E-state index contributed by atoms with van der Waals surface area (Å²) in [5, 5.41) is 0.462. The van der Waals surface area contributed by atoms with E-state index in [4.69, 9.17) is 17.3 Å². The molecule has 0 spiro atoms. The van der Waals surface area contributed by atoms with Gasteiger partial charge in [0.15, 0.2) is 0 Å². The quantitative estimate of drug-likeness (QED) is 0.374. The molecular formula is C7H8ClN3O. The maximum Gasteiger partial charge on any atom is 0.225 e. The van der Waals surface area contributed by atoms with Crippen molar-refractivity contribution in [2.45, 2.75) is 0 Å². The van der Waals surface area contributed by atoms with Crippen LogP contribution < -0.4 is 16.6 Å². The van der Waals surface area contributed by atoms with Gasteiger partial charge in [-0.3, -0.25) is 15.6 Å². The number of rotatable bonds is 3. The first-order valence-electron chi connectivity index (χ1n) is 3.24. The lowest BCUT2D eigenvalue weighted by Gasteiger charge is -2.05. The highest BCUT2D eigenvalue weighted by molar-refractivity contribution is 6.33. The molecule has 1 aromatic carbocycles. The van der Waals surface area contributed by atoms with Crippen LogP contribution in [-0.4, -0.2) is 6.41 Å². The fraction of sp³-hybridized carbons (Fsp3) is 0. The first-order valence-corrected chi connectivity index (χ1v) is 3.62. The van der Waals surface area contributed by atoms with Gasteiger partial charge in [0.2, 0.25) is 6.41 Å². The van der Waals surface area contributed by atoms with Crippen LogP contribution in [0.25, 0.3) is 0 Å². The van der Waals surface area contributed by atoms with E-state index in [2.05, 4.69) is 10.9 Å². The molecule has 64 valence electrons. The number of nitrogens with one attached hydrogen (secondary N) is 2. The van der Waals surface area contributed by atoms with Gasteiger partial charge in [-0.25, -0.2) is 0 Å². The molecule has 0 atom stereocenters. The summed E-state index contributed by atoms with van der Waals surface area (Å²) in [6.07, 6.45) is 0.521. The van der Waals surface area contributed by atoms with Crippen LogP contribution in [0.1, 0.15) is 0 Å². The highest BCUT2D eigenvalue weighted by Crippen LogP contribution is 2.22. The monoisotopic (exact) mass is 185 g/mol. The van der Waals surface area contributed by atoms with Crippen LogP contribution in [0.15, 0.2) is 18.2 Å². The molecule has 1 amide bonds. The molecular weight excluding hydrogens is 178 g/mol. The van der Waals surface area contributed by atoms with Crippen molar-refractivity contribution in [1.82, 2.24) is 5.43 Å². The number of hydrogen-bond acceptors (Lipinski definition) is 3. The van der Waals surface area contributed by atoms with Gasteiger partial charge in [0.1, 0.15) is 0 Å². The number of nitrogen functional groups attached to an aromatic ring is 1. The zero-order valence-corrected chi connectivity index (χ0v) is 6.93. The number of hydrazine groups is 1. The van der Waals surface area contributed by atoms with Crippen LogP contribution in [0.2, 0.25) is 5.02 Å². The van der Waals surface area contributed by atoms with Crippen molar-refractivity contribution in [1.29, 1.82) is 0 Å². The number of amides is 1. The van der Waals surface area contributed by atoms with Gasteiger partial charge in [0.25, 0.3) is 0 Å². The summed E-state index contributed by atoms with van der Waals surface area (Å²) in [5.74, 6) is 0. The van der Waals surface area contributed by atoms with E-state index in [-0.39, 0.29) is 0 Å². The Kier molecular flexibility index (Phi) is 2.76. The highest BCUT2D eigenvalue weighted by atomic mass is 35.5. The Morgan fingerprint density at radius 2 is 2.25 bits per heavy atom. The predicted molar refractivity (Wildman–Crippen MR) is 48.7 cm³/mol. The fourth-order valence-corrected chi connectivity index (χ4v) is 0.976. The smallest absolute Gasteiger partial charge is 0.225 e. The molecule has 0 aromatic heterocycles. The summed E-state index contributed by atoms with van der Waals surface area (Å²) in [6.45, 7) is 0. The summed E-state index contributed by atoms with van der Waals surface area (Å²) in [4.78, 5) is 9.92. The van der Waals surface area contributed by atoms with Crippen LogP contribution in [0.5, 0.6) is 0 Å². The number of benzene rings is 1. The number of carbonyl (C=O) groups is 1. The van der Waals surface area contributed by atoms with E-state index >= 15 is 0 Å². The average Bonchev–Trinajstić information content (AvgIpc) is 2.03. The molecule has 0 saturated carbocycles. The van der Waals surface area contributed by atoms with Crippen LogP contribution in [0.3, 0.4) is 0 Å². The predicted octanol–water partition coefficient (Wildman–Crippen LogP) is 0.995. The van der Waals surface area contributed by atoms with E-state index < -0.39 is 0 Å². The Morgan fingerprint density at radius 3 is 2.83 bits per heavy atom. The van der Waals surface area contributed by atoms with Crippen LogP contribution in [0, 0.1) is 0 Å². The number of halogens is 1. The molecule has 12 heavy (non-hydrogen) atoms. The molecule has 0 aliphatic rings. The summed E-state index contributed by atoms with van der Waals surface area (Å²) >= 11 is 5.77. The minimum atomic E-state index is 0.462. The maximum atomic E-state index is 9.92. The van der Waals surface area contributed by atoms with Crippen molar-refractivity contribution >= 4 is 29.4 Å². The van der Waals surface area contributed by atoms with Crippen molar-refractivity contribution in [3.63, 3.8) is 0 Å². The van der Waals surface area contributed by atoms with E-state index in [1.807, 2.05) is 0 Å². The molecule has 0 fully saturated rings. The van der Waals surface area contributed by atoms with Gasteiger partial charge in [-0.05, 0) is 18.2 Å². The second-order valence-electron chi connectivity index (χ2n) is 2.13. The number of carbonyl (C=O) groups excluding carboxylic acids is 1. The Balaban J connectivity index is 2.78. The standard InChI is InChI=1S/C7H8ClN3O/c8-6-3-5(9)1-2-7(6)11-10-4-12/h1-4,11H,9H2,(H,10,12). The summed E-state index contributed by atoms with van der Waals surface area (Å²) < 4.78 is 0. The molecule has 4 N–H and O–H groups in total. The minimum Gasteiger partial charge on any atom is -0.399 e. The molecule has 0 heterocycles. The van der Waals surface area contributed by atoms with Crippen molar-refractivity contribution in [3.05, 3.63) is 23.2 Å². The van der Waals surface area contributed by atoms with Crippen molar-refractivity contribution in [3.8, 4) is 0 Å². The van der Waals surface area contributed by atoms with Gasteiger partial charge in [-0.1, -0.05) is 11.6 Å². The van der Waals surface area contributed by atoms with E-state index in [1.165, 1.54) is 0 Å². The lowest BCUT2D eigenvalue weighted by molar-refractivity contribution is -0.109. The topological polar surface area (TPSA) is 67.2 Å². The maximum absolute atomic E-state index is 9.92. The molecule has 0 saturated heterocycles. The molecule has 1 rings (SSSR count). The van der Waals surface area contributed by atoms with Gasteiger partial charge < -0.3 is 5.73 Å². The molecule has 5 heteroatoms. The van der Waals surface area contributed by atoms with Crippen molar-refractivity contribution in [2.24, 2.45) is 0 Å². The Hall–Kier alpha value is -1.42. The van der Waals surface area contributed by atoms with E-state index in [1.54, 1.807) is 18.2 Å². The second kappa shape index (κ2) is 3.82. The van der Waals surface area contributed by atoms with Crippen LogP contribution in [-0.2, 0) is 4.79 Å². The normalized spacial score (nSPS) is 9.08. The zero-order chi connectivity index (χ0) is 8.97. The molecule has 4 nitrogen and oxygen atoms in total. The van der Waals surface area contributed by atoms with Gasteiger partial charge in [-0.2, -0.15) is 0 Å². The molecule has 1 aromatic rings. The fourth-order valence-electron chi connectivity index (χ4n) is 0.740. The Morgan fingerprint density at radius 1 is 1.50 bits per heavy atom. The van der Waals surface area contributed by atoms with Gasteiger partial charge >= 0.3 is 0 Å². The van der Waals surface area contributed by atoms with Gasteiger partial charge in [0, 0.05) is 5.69 Å². The van der Waals surface area contributed by atoms with Gasteiger partial charge in [-0.15, -0.1) is 0 Å². The van der Waals surface area contributed by atoms with Crippen molar-refractivity contribution < 1.29 is 4.79 Å². The van der Waals surface area contributed by atoms with Crippen LogP contribution >= 0.6 is 11.6 Å². The third kappa shape index (κ3) is 2.03. The average molecular weight is 186 g/mol. The zero-order valence-electron chi connectivity index (χ0n) is 6.17. The van der Waals surface area contributed by atoms with E-state index in [0.29, 0.717) is 22.8 Å². The molecule has 0 aliphatic heterocycles. The first-order chi connectivity index (χ1) is 5.74. The van der Waals surface area contributed by atoms with Crippen molar-refractivity contribution in [2.75, 3.05) is 11.2 Å². The number of nitrogens with two attached hydrogens (primary N) is 1. The largest absolute Gasteiger partial charge is 0.399 e. The molecule has 0 unspecified atom stereocenters. The third-order valence-corrected chi connectivity index (χ3v) is 1.57. The van der Waals surface area contributed by atoms with Gasteiger partial charge in [0.05, 0.1) is 10.7 Å². The lowest BCUT2D eigenvalue weighted by atomic mass is 10.3. The summed E-state index contributed by atoms with van der Waals surface area (Å²) in [7, 11) is 0. The molecule has 0 bridgehead atoms. The Bertz CT molecular complexity index is 290. The van der Waals surface area contributed by atoms with Crippen LogP contribution in [0.4, 0.5) is 11.4 Å². The minimum absolute atomic E-state index is 0.462. The SMILES string of the molecule is Nc1ccc(NNC=O)c(Cl)c1. The number of hydrogen-bond donors (Lipinski definition) is 3. The van der Waals surface area contributed by atoms with E-state index in [0.717, 1.165) is 0 Å². The number of anilines is 2. The summed E-state index contributed by atoms with van der Waals surface area (Å²) in [5.41, 5.74) is 11.5. The lowest BCUT2D eigenvalue weighted by Crippen LogP contribution is -2.19. The molecule has 0 radical (unpaired) electrons. The van der Waals surface area contributed by atoms with E-state index in [9.17, 15) is 4.79 Å². The Labute approximate surface area is 74.7 Å².